The monoisotopic (exact) mass is 420 g/mol. The van der Waals surface area contributed by atoms with E-state index >= 15 is 0 Å². The van der Waals surface area contributed by atoms with Crippen LogP contribution in [0.2, 0.25) is 0 Å². The maximum atomic E-state index is 9.45. The van der Waals surface area contributed by atoms with E-state index < -0.39 is 0 Å². The molecule has 0 bridgehead atoms. The molecule has 3 N–H and O–H groups in total. The van der Waals surface area contributed by atoms with Gasteiger partial charge >= 0.3 is 0 Å². The van der Waals surface area contributed by atoms with Crippen LogP contribution in [0.5, 0.6) is 0 Å². The Kier molecular flexibility index (Phi) is 4.44. The van der Waals surface area contributed by atoms with Crippen molar-refractivity contribution < 1.29 is 5.11 Å². The van der Waals surface area contributed by atoms with Crippen molar-refractivity contribution in [3.8, 4) is 22.4 Å². The van der Waals surface area contributed by atoms with Crippen LogP contribution in [0.15, 0.2) is 79.1 Å². The third-order valence-corrected chi connectivity index (χ3v) is 6.71. The molecule has 1 fully saturated rings. The second-order valence-electron chi connectivity index (χ2n) is 8.68. The molecule has 1 aliphatic carbocycles. The minimum Gasteiger partial charge on any atom is -0.396 e. The summed E-state index contributed by atoms with van der Waals surface area (Å²) in [7, 11) is 0. The van der Waals surface area contributed by atoms with Crippen LogP contribution in [0.25, 0.3) is 44.2 Å². The molecule has 0 aliphatic heterocycles. The Balaban J connectivity index is 1.49. The van der Waals surface area contributed by atoms with Crippen molar-refractivity contribution >= 4 is 27.6 Å². The van der Waals surface area contributed by atoms with Gasteiger partial charge in [0.1, 0.15) is 5.82 Å². The zero-order valence-electron chi connectivity index (χ0n) is 17.6. The highest BCUT2D eigenvalue weighted by Crippen LogP contribution is 2.43. The van der Waals surface area contributed by atoms with Gasteiger partial charge in [0.05, 0.1) is 16.7 Å². The van der Waals surface area contributed by atoms with Gasteiger partial charge in [-0.15, -0.1) is 0 Å². The van der Waals surface area contributed by atoms with Crippen LogP contribution in [-0.2, 0) is 0 Å². The zero-order chi connectivity index (χ0) is 21.7. The molecule has 32 heavy (non-hydrogen) atoms. The number of benzene rings is 2. The molecule has 5 heteroatoms. The molecule has 3 aromatic heterocycles. The molecule has 158 valence electrons. The van der Waals surface area contributed by atoms with E-state index in [2.05, 4.69) is 58.2 Å². The lowest BCUT2D eigenvalue weighted by Gasteiger charge is -2.35. The maximum absolute atomic E-state index is 9.45. The predicted molar refractivity (Wildman–Crippen MR) is 129 cm³/mol. The van der Waals surface area contributed by atoms with Crippen LogP contribution in [-0.4, -0.2) is 26.2 Å². The first-order chi connectivity index (χ1) is 15.7. The van der Waals surface area contributed by atoms with Crippen molar-refractivity contribution in [2.24, 2.45) is 5.92 Å². The summed E-state index contributed by atoms with van der Waals surface area (Å²) in [6.45, 7) is 0.256. The highest BCUT2D eigenvalue weighted by atomic mass is 16.3. The van der Waals surface area contributed by atoms with Gasteiger partial charge in [0, 0.05) is 46.9 Å². The number of aromatic nitrogens is 3. The quantitative estimate of drug-likeness (QED) is 0.406. The summed E-state index contributed by atoms with van der Waals surface area (Å²) < 4.78 is 2.31. The lowest BCUT2D eigenvalue weighted by molar-refractivity contribution is 0.114. The highest BCUT2D eigenvalue weighted by molar-refractivity contribution is 6.03. The average molecular weight is 421 g/mol. The average Bonchev–Trinajstić information content (AvgIpc) is 3.19. The van der Waals surface area contributed by atoms with Crippen molar-refractivity contribution in [1.29, 1.82) is 0 Å². The van der Waals surface area contributed by atoms with Gasteiger partial charge in [0.15, 0.2) is 0 Å². The smallest absolute Gasteiger partial charge is 0.133 e. The molecule has 0 saturated heterocycles. The topological polar surface area (TPSA) is 77.0 Å². The fourth-order valence-corrected chi connectivity index (χ4v) is 4.88. The lowest BCUT2D eigenvalue weighted by atomic mass is 9.80. The van der Waals surface area contributed by atoms with Gasteiger partial charge in [0.2, 0.25) is 0 Å². The summed E-state index contributed by atoms with van der Waals surface area (Å²) in [6, 6.07) is 23.2. The Morgan fingerprint density at radius 2 is 1.78 bits per heavy atom. The lowest BCUT2D eigenvalue weighted by Crippen LogP contribution is -2.28. The standard InChI is InChI=1S/C27H24N4O/c28-27-26-22(15-31(25(26)10-11-29-27)21-12-17(13-21)16-32)20-7-6-19-8-9-23(30-24(19)14-20)18-4-2-1-3-5-18/h1-11,14-15,17,21,32H,12-13,16H2,(H2,28,29)/t17-,21-. The van der Waals surface area contributed by atoms with E-state index in [-0.39, 0.29) is 6.61 Å². The summed E-state index contributed by atoms with van der Waals surface area (Å²) in [4.78, 5) is 9.31. The molecule has 5 aromatic rings. The van der Waals surface area contributed by atoms with Crippen molar-refractivity contribution in [2.75, 3.05) is 12.3 Å². The maximum Gasteiger partial charge on any atom is 0.133 e. The normalized spacial score (nSPS) is 18.2. The second kappa shape index (κ2) is 7.46. The molecule has 5 nitrogen and oxygen atoms in total. The van der Waals surface area contributed by atoms with Crippen molar-refractivity contribution in [3.05, 3.63) is 79.1 Å². The number of hydrogen-bond donors (Lipinski definition) is 2. The number of hydrogen-bond acceptors (Lipinski definition) is 4. The molecule has 0 amide bonds. The van der Waals surface area contributed by atoms with E-state index in [0.717, 1.165) is 57.0 Å². The van der Waals surface area contributed by atoms with Gasteiger partial charge in [-0.25, -0.2) is 9.97 Å². The number of nitrogens with zero attached hydrogens (tertiary/aromatic N) is 3. The fraction of sp³-hybridized carbons (Fsp3) is 0.185. The Morgan fingerprint density at radius 1 is 0.969 bits per heavy atom. The SMILES string of the molecule is Nc1nccc2c1c(-c1ccc3ccc(-c4ccccc4)nc3c1)cn2[C@H]1C[C@H](CO)C1. The van der Waals surface area contributed by atoms with Crippen LogP contribution in [0.4, 0.5) is 5.82 Å². The first-order valence-electron chi connectivity index (χ1n) is 11.0. The molecule has 0 atom stereocenters. The Labute approximate surface area is 186 Å². The number of rotatable bonds is 4. The number of nitrogens with two attached hydrogens (primary N) is 1. The van der Waals surface area contributed by atoms with E-state index in [1.807, 2.05) is 24.3 Å². The third kappa shape index (κ3) is 3.05. The molecule has 6 rings (SSSR count). The predicted octanol–water partition coefficient (Wildman–Crippen LogP) is 5.44. The molecular formula is C27H24N4O. The minimum absolute atomic E-state index is 0.256. The Hall–Kier alpha value is -3.70. The molecule has 0 spiro atoms. The van der Waals surface area contributed by atoms with Gasteiger partial charge in [-0.2, -0.15) is 0 Å². The van der Waals surface area contributed by atoms with Crippen LogP contribution >= 0.6 is 0 Å². The van der Waals surface area contributed by atoms with E-state index in [1.165, 1.54) is 0 Å². The molecule has 0 unspecified atom stereocenters. The van der Waals surface area contributed by atoms with Crippen LogP contribution < -0.4 is 5.73 Å². The van der Waals surface area contributed by atoms with E-state index in [4.69, 9.17) is 10.7 Å². The van der Waals surface area contributed by atoms with E-state index in [1.54, 1.807) is 6.20 Å². The first kappa shape index (κ1) is 19.0. The molecule has 1 aliphatic rings. The summed E-state index contributed by atoms with van der Waals surface area (Å²) in [5, 5.41) is 11.5. The minimum atomic E-state index is 0.256. The summed E-state index contributed by atoms with van der Waals surface area (Å²) >= 11 is 0. The van der Waals surface area contributed by atoms with Crippen LogP contribution in [0.3, 0.4) is 0 Å². The number of aliphatic hydroxyl groups excluding tert-OH is 1. The number of fused-ring (bicyclic) bond motifs is 2. The number of pyridine rings is 2. The Morgan fingerprint density at radius 3 is 2.59 bits per heavy atom. The summed E-state index contributed by atoms with van der Waals surface area (Å²) in [6.07, 6.45) is 5.95. The zero-order valence-corrected chi connectivity index (χ0v) is 17.6. The summed E-state index contributed by atoms with van der Waals surface area (Å²) in [5.41, 5.74) is 12.6. The number of anilines is 1. The van der Waals surface area contributed by atoms with Crippen molar-refractivity contribution in [1.82, 2.24) is 14.5 Å². The molecule has 0 radical (unpaired) electrons. The van der Waals surface area contributed by atoms with Gasteiger partial charge in [0.25, 0.3) is 0 Å². The molecular weight excluding hydrogens is 396 g/mol. The highest BCUT2D eigenvalue weighted by Gasteiger charge is 2.31. The van der Waals surface area contributed by atoms with E-state index in [0.29, 0.717) is 17.8 Å². The molecule has 1 saturated carbocycles. The fourth-order valence-electron chi connectivity index (χ4n) is 4.88. The van der Waals surface area contributed by atoms with Crippen molar-refractivity contribution in [2.45, 2.75) is 18.9 Å². The van der Waals surface area contributed by atoms with E-state index in [9.17, 15) is 5.11 Å². The number of nitrogen functional groups attached to an aromatic ring is 1. The van der Waals surface area contributed by atoms with Gasteiger partial charge in [-0.1, -0.05) is 48.5 Å². The van der Waals surface area contributed by atoms with Crippen LogP contribution in [0, 0.1) is 5.92 Å². The third-order valence-electron chi connectivity index (χ3n) is 6.71. The number of aliphatic hydroxyl groups is 1. The second-order valence-corrected chi connectivity index (χ2v) is 8.68. The first-order valence-corrected chi connectivity index (χ1v) is 11.0. The van der Waals surface area contributed by atoms with Gasteiger partial charge in [-0.3, -0.25) is 0 Å². The summed E-state index contributed by atoms with van der Waals surface area (Å²) in [5.74, 6) is 0.932. The Bertz CT molecular complexity index is 1430. The largest absolute Gasteiger partial charge is 0.396 e. The van der Waals surface area contributed by atoms with Gasteiger partial charge in [-0.05, 0) is 42.5 Å². The molecule has 2 aromatic carbocycles. The molecule has 3 heterocycles. The van der Waals surface area contributed by atoms with Crippen LogP contribution in [0.1, 0.15) is 18.9 Å². The van der Waals surface area contributed by atoms with Crippen molar-refractivity contribution in [3.63, 3.8) is 0 Å². The van der Waals surface area contributed by atoms with Gasteiger partial charge < -0.3 is 15.4 Å².